The van der Waals surface area contributed by atoms with Crippen molar-refractivity contribution >= 4 is 15.9 Å². The van der Waals surface area contributed by atoms with Crippen LogP contribution in [0, 0.1) is 6.92 Å². The summed E-state index contributed by atoms with van der Waals surface area (Å²) < 4.78 is 1.23. The van der Waals surface area contributed by atoms with E-state index in [1.807, 2.05) is 0 Å². The van der Waals surface area contributed by atoms with Gasteiger partial charge in [-0.05, 0) is 30.5 Å². The Bertz CT molecular complexity index is 587. The number of aryl methyl sites for hydroxylation is 1. The van der Waals surface area contributed by atoms with Gasteiger partial charge in [0.1, 0.15) is 0 Å². The first kappa shape index (κ1) is 12.9. The van der Waals surface area contributed by atoms with Crippen molar-refractivity contribution in [3.8, 4) is 0 Å². The number of nitrogens with one attached hydrogen (secondary N) is 1. The lowest BCUT2D eigenvalue weighted by molar-refractivity contribution is 0.273. The highest BCUT2D eigenvalue weighted by Gasteiger charge is 2.39. The second-order valence-electron chi connectivity index (χ2n) is 5.53. The zero-order valence-corrected chi connectivity index (χ0v) is 12.7. The summed E-state index contributed by atoms with van der Waals surface area (Å²) >= 11 is 3.71. The minimum atomic E-state index is 0.244. The van der Waals surface area contributed by atoms with Crippen LogP contribution in [0.3, 0.4) is 0 Å². The maximum atomic E-state index is 3.71. The molecular formula is C17H18BrN. The topological polar surface area (TPSA) is 12.0 Å². The molecule has 1 N–H and O–H groups in total. The van der Waals surface area contributed by atoms with E-state index in [4.69, 9.17) is 0 Å². The molecule has 0 spiro atoms. The van der Waals surface area contributed by atoms with E-state index in [1.165, 1.54) is 21.2 Å². The lowest BCUT2D eigenvalue weighted by Crippen LogP contribution is -2.58. The van der Waals surface area contributed by atoms with E-state index in [9.17, 15) is 0 Å². The zero-order chi connectivity index (χ0) is 13.3. The van der Waals surface area contributed by atoms with Gasteiger partial charge in [-0.3, -0.25) is 0 Å². The molecule has 0 aliphatic carbocycles. The third-order valence-electron chi connectivity index (χ3n) is 4.00. The summed E-state index contributed by atoms with van der Waals surface area (Å²) in [5.41, 5.74) is 4.44. The van der Waals surface area contributed by atoms with Gasteiger partial charge in [0.2, 0.25) is 0 Å². The molecule has 1 aliphatic rings. The van der Waals surface area contributed by atoms with Gasteiger partial charge in [-0.25, -0.2) is 0 Å². The van der Waals surface area contributed by atoms with E-state index in [1.54, 1.807) is 0 Å². The molecule has 19 heavy (non-hydrogen) atoms. The van der Waals surface area contributed by atoms with Crippen LogP contribution >= 0.6 is 15.9 Å². The van der Waals surface area contributed by atoms with Crippen LogP contribution in [-0.4, -0.2) is 13.1 Å². The second kappa shape index (κ2) is 5.10. The van der Waals surface area contributed by atoms with E-state index >= 15 is 0 Å². The highest BCUT2D eigenvalue weighted by atomic mass is 79.9. The summed E-state index contributed by atoms with van der Waals surface area (Å²) in [6.07, 6.45) is 1.10. The lowest BCUT2D eigenvalue weighted by atomic mass is 9.71. The maximum absolute atomic E-state index is 3.71. The number of rotatable bonds is 3. The molecule has 1 saturated heterocycles. The Morgan fingerprint density at radius 1 is 1.11 bits per heavy atom. The van der Waals surface area contributed by atoms with E-state index < -0.39 is 0 Å². The van der Waals surface area contributed by atoms with Crippen molar-refractivity contribution < 1.29 is 0 Å². The van der Waals surface area contributed by atoms with Crippen molar-refractivity contribution in [2.24, 2.45) is 0 Å². The van der Waals surface area contributed by atoms with Gasteiger partial charge in [0.25, 0.3) is 0 Å². The van der Waals surface area contributed by atoms with E-state index in [0.717, 1.165) is 19.5 Å². The average Bonchev–Trinajstić information content (AvgIpc) is 2.35. The Hall–Kier alpha value is -1.12. The SMILES string of the molecule is Cc1cccc(CC2(c3ccccc3Br)CNC2)c1. The summed E-state index contributed by atoms with van der Waals surface area (Å²) in [6, 6.07) is 17.5. The molecule has 2 heteroatoms. The Morgan fingerprint density at radius 2 is 1.89 bits per heavy atom. The van der Waals surface area contributed by atoms with Gasteiger partial charge in [0.05, 0.1) is 0 Å². The van der Waals surface area contributed by atoms with Gasteiger partial charge < -0.3 is 5.32 Å². The van der Waals surface area contributed by atoms with Crippen LogP contribution in [-0.2, 0) is 11.8 Å². The summed E-state index contributed by atoms with van der Waals surface area (Å²) in [7, 11) is 0. The van der Waals surface area contributed by atoms with E-state index in [0.29, 0.717) is 0 Å². The molecule has 98 valence electrons. The normalized spacial score (nSPS) is 16.9. The Kier molecular flexibility index (Phi) is 3.46. The smallest absolute Gasteiger partial charge is 0.0254 e. The van der Waals surface area contributed by atoms with Gasteiger partial charge in [0.15, 0.2) is 0 Å². The van der Waals surface area contributed by atoms with Crippen LogP contribution in [0.25, 0.3) is 0 Å². The first-order valence-electron chi connectivity index (χ1n) is 6.71. The third kappa shape index (κ3) is 2.47. The van der Waals surface area contributed by atoms with Crippen LogP contribution in [0.5, 0.6) is 0 Å². The third-order valence-corrected chi connectivity index (χ3v) is 4.69. The van der Waals surface area contributed by atoms with Gasteiger partial charge in [-0.2, -0.15) is 0 Å². The largest absolute Gasteiger partial charge is 0.315 e. The molecule has 3 rings (SSSR count). The van der Waals surface area contributed by atoms with Gasteiger partial charge in [-0.15, -0.1) is 0 Å². The van der Waals surface area contributed by atoms with Crippen LogP contribution in [0.4, 0.5) is 0 Å². The summed E-state index contributed by atoms with van der Waals surface area (Å²) in [5.74, 6) is 0. The molecule has 0 aromatic heterocycles. The Morgan fingerprint density at radius 3 is 2.53 bits per heavy atom. The van der Waals surface area contributed by atoms with Crippen molar-refractivity contribution in [3.05, 3.63) is 69.7 Å². The number of hydrogen-bond acceptors (Lipinski definition) is 1. The Labute approximate surface area is 123 Å². The predicted molar refractivity (Wildman–Crippen MR) is 83.6 cm³/mol. The van der Waals surface area contributed by atoms with Crippen molar-refractivity contribution in [3.63, 3.8) is 0 Å². The molecule has 1 heterocycles. The average molecular weight is 316 g/mol. The predicted octanol–water partition coefficient (Wildman–Crippen LogP) is 3.84. The number of halogens is 1. The highest BCUT2D eigenvalue weighted by Crippen LogP contribution is 2.36. The van der Waals surface area contributed by atoms with Crippen LogP contribution < -0.4 is 5.32 Å². The molecule has 0 radical (unpaired) electrons. The fourth-order valence-electron chi connectivity index (χ4n) is 2.94. The fourth-order valence-corrected chi connectivity index (χ4v) is 3.65. The molecule has 0 saturated carbocycles. The van der Waals surface area contributed by atoms with Crippen molar-refractivity contribution in [2.45, 2.75) is 18.8 Å². The molecule has 1 fully saturated rings. The van der Waals surface area contributed by atoms with E-state index in [-0.39, 0.29) is 5.41 Å². The molecule has 0 unspecified atom stereocenters. The standard InChI is InChI=1S/C17H18BrN/c1-13-5-4-6-14(9-13)10-17(11-19-12-17)15-7-2-3-8-16(15)18/h2-9,19H,10-12H2,1H3. The van der Waals surface area contributed by atoms with E-state index in [2.05, 4.69) is 76.7 Å². The fraction of sp³-hybridized carbons (Fsp3) is 0.294. The molecule has 0 amide bonds. The zero-order valence-electron chi connectivity index (χ0n) is 11.1. The molecule has 0 atom stereocenters. The summed E-state index contributed by atoms with van der Waals surface area (Å²) in [4.78, 5) is 0. The number of hydrogen-bond donors (Lipinski definition) is 1. The van der Waals surface area contributed by atoms with Crippen molar-refractivity contribution in [1.82, 2.24) is 5.32 Å². The molecule has 0 bridgehead atoms. The quantitative estimate of drug-likeness (QED) is 0.907. The summed E-state index contributed by atoms with van der Waals surface area (Å²) in [5, 5.41) is 3.44. The molecular weight excluding hydrogens is 298 g/mol. The molecule has 1 aliphatic heterocycles. The maximum Gasteiger partial charge on any atom is 0.0254 e. The summed E-state index contributed by atoms with van der Waals surface area (Å²) in [6.45, 7) is 4.28. The monoisotopic (exact) mass is 315 g/mol. The highest BCUT2D eigenvalue weighted by molar-refractivity contribution is 9.10. The first-order valence-corrected chi connectivity index (χ1v) is 7.50. The van der Waals surface area contributed by atoms with Crippen molar-refractivity contribution in [2.75, 3.05) is 13.1 Å². The van der Waals surface area contributed by atoms with Gasteiger partial charge in [-0.1, -0.05) is 64.0 Å². The molecule has 2 aromatic rings. The molecule has 2 aromatic carbocycles. The van der Waals surface area contributed by atoms with Crippen molar-refractivity contribution in [1.29, 1.82) is 0 Å². The lowest BCUT2D eigenvalue weighted by Gasteiger charge is -2.44. The van der Waals surface area contributed by atoms with Gasteiger partial charge >= 0.3 is 0 Å². The van der Waals surface area contributed by atoms with Crippen LogP contribution in [0.15, 0.2) is 53.0 Å². The van der Waals surface area contributed by atoms with Crippen LogP contribution in [0.2, 0.25) is 0 Å². The minimum Gasteiger partial charge on any atom is -0.315 e. The van der Waals surface area contributed by atoms with Crippen LogP contribution in [0.1, 0.15) is 16.7 Å². The first-order chi connectivity index (χ1) is 9.20. The molecule has 1 nitrogen and oxygen atoms in total. The second-order valence-corrected chi connectivity index (χ2v) is 6.38. The Balaban J connectivity index is 1.94. The minimum absolute atomic E-state index is 0.244. The van der Waals surface area contributed by atoms with Gasteiger partial charge in [0, 0.05) is 23.0 Å². The number of benzene rings is 2.